The van der Waals surface area contributed by atoms with E-state index in [1.807, 2.05) is 7.05 Å². The molecule has 0 saturated heterocycles. The molecule has 0 fully saturated rings. The summed E-state index contributed by atoms with van der Waals surface area (Å²) in [4.78, 5) is 0. The number of unbranched alkanes of at least 4 members (excludes halogenated alkanes) is 6. The summed E-state index contributed by atoms with van der Waals surface area (Å²) in [6.07, 6.45) is 9.51. The van der Waals surface area contributed by atoms with Crippen LogP contribution in [0.25, 0.3) is 0 Å². The van der Waals surface area contributed by atoms with Gasteiger partial charge in [0, 0.05) is 52.4 Å². The number of nitrogens with one attached hydrogen (secondary N) is 5. The minimum absolute atomic E-state index is 0.726. The van der Waals surface area contributed by atoms with Crippen molar-refractivity contribution in [3.63, 3.8) is 0 Å². The molecule has 7 N–H and O–H groups in total. The summed E-state index contributed by atoms with van der Waals surface area (Å²) in [5.74, 6) is 0. The van der Waals surface area contributed by atoms with E-state index in [0.717, 1.165) is 65.4 Å². The van der Waals surface area contributed by atoms with Gasteiger partial charge in [-0.2, -0.15) is 0 Å². The molecule has 0 aliphatic carbocycles. The molecule has 0 radical (unpaired) electrons. The zero-order chi connectivity index (χ0) is 17.6. The molecule has 0 aliphatic rings. The molecule has 0 rings (SSSR count). The summed E-state index contributed by atoms with van der Waals surface area (Å²) in [6.45, 7) is 10.3. The van der Waals surface area contributed by atoms with Crippen molar-refractivity contribution >= 4 is 0 Å². The first-order valence-electron chi connectivity index (χ1n) is 10.1. The second-order valence-electron chi connectivity index (χ2n) is 6.37. The number of likely N-dealkylation sites (N-methyl/N-ethyl adjacent to an activating group) is 1. The Bertz CT molecular complexity index is 194. The molecule has 0 amide bonds. The Balaban J connectivity index is 2.93. The molecule has 146 valence electrons. The molecule has 0 saturated carbocycles. The lowest BCUT2D eigenvalue weighted by Crippen LogP contribution is -2.31. The summed E-state index contributed by atoms with van der Waals surface area (Å²) in [6, 6.07) is 0. The zero-order valence-corrected chi connectivity index (χ0v) is 16.1. The van der Waals surface area contributed by atoms with E-state index in [0.29, 0.717) is 0 Å². The van der Waals surface area contributed by atoms with Gasteiger partial charge in [0.15, 0.2) is 0 Å². The molecule has 0 aromatic heterocycles. The Morgan fingerprint density at radius 1 is 0.458 bits per heavy atom. The second-order valence-corrected chi connectivity index (χ2v) is 6.37. The van der Waals surface area contributed by atoms with Crippen LogP contribution >= 0.6 is 0 Å². The van der Waals surface area contributed by atoms with Crippen LogP contribution in [0.5, 0.6) is 0 Å². The third-order valence-electron chi connectivity index (χ3n) is 4.04. The van der Waals surface area contributed by atoms with E-state index >= 15 is 0 Å². The van der Waals surface area contributed by atoms with Crippen molar-refractivity contribution in [2.75, 3.05) is 72.5 Å². The summed E-state index contributed by atoms with van der Waals surface area (Å²) in [5, 5.41) is 16.8. The molecule has 24 heavy (non-hydrogen) atoms. The third kappa shape index (κ3) is 21.8. The molecule has 0 aromatic rings. The minimum atomic E-state index is 0.726. The Morgan fingerprint density at radius 3 is 1.29 bits per heavy atom. The molecule has 0 spiro atoms. The van der Waals surface area contributed by atoms with Crippen LogP contribution in [0.15, 0.2) is 0 Å². The SMILES string of the molecule is CNCCNCCNCCCCCCCCCNCCNCCN. The fraction of sp³-hybridized carbons (Fsp3) is 1.00. The molecular weight excluding hydrogens is 300 g/mol. The summed E-state index contributed by atoms with van der Waals surface area (Å²) >= 11 is 0. The molecule has 0 heterocycles. The van der Waals surface area contributed by atoms with Gasteiger partial charge in [0.2, 0.25) is 0 Å². The van der Waals surface area contributed by atoms with Gasteiger partial charge in [0.25, 0.3) is 0 Å². The first-order valence-corrected chi connectivity index (χ1v) is 10.1. The van der Waals surface area contributed by atoms with E-state index in [4.69, 9.17) is 5.73 Å². The van der Waals surface area contributed by atoms with Gasteiger partial charge in [0.05, 0.1) is 0 Å². The highest BCUT2D eigenvalue weighted by atomic mass is 15.0. The molecular formula is C18H44N6. The lowest BCUT2D eigenvalue weighted by Gasteiger charge is -2.07. The quantitative estimate of drug-likeness (QED) is 0.168. The van der Waals surface area contributed by atoms with Gasteiger partial charge in [-0.05, 0) is 33.0 Å². The van der Waals surface area contributed by atoms with Gasteiger partial charge in [-0.1, -0.05) is 32.1 Å². The largest absolute Gasteiger partial charge is 0.329 e. The first-order chi connectivity index (χ1) is 11.9. The van der Waals surface area contributed by atoms with Crippen molar-refractivity contribution in [1.29, 1.82) is 0 Å². The average molecular weight is 345 g/mol. The maximum Gasteiger partial charge on any atom is 0.00772 e. The van der Waals surface area contributed by atoms with E-state index in [1.54, 1.807) is 0 Å². The smallest absolute Gasteiger partial charge is 0.00772 e. The lowest BCUT2D eigenvalue weighted by molar-refractivity contribution is 0.535. The van der Waals surface area contributed by atoms with Crippen LogP contribution < -0.4 is 32.3 Å². The van der Waals surface area contributed by atoms with E-state index in [1.165, 1.54) is 44.9 Å². The lowest BCUT2D eigenvalue weighted by atomic mass is 10.1. The standard InChI is InChI=1S/C18H44N6/c1-20-13-14-24-18-16-22-11-8-6-4-2-3-5-7-10-21-15-17-23-12-9-19/h20-24H,2-19H2,1H3. The van der Waals surface area contributed by atoms with Crippen molar-refractivity contribution in [1.82, 2.24) is 26.6 Å². The maximum absolute atomic E-state index is 5.42. The van der Waals surface area contributed by atoms with Crippen LogP contribution in [0.4, 0.5) is 0 Å². The van der Waals surface area contributed by atoms with E-state index < -0.39 is 0 Å². The number of hydrogen-bond donors (Lipinski definition) is 6. The van der Waals surface area contributed by atoms with Gasteiger partial charge < -0.3 is 32.3 Å². The molecule has 0 bridgehead atoms. The van der Waals surface area contributed by atoms with E-state index in [-0.39, 0.29) is 0 Å². The number of rotatable bonds is 21. The van der Waals surface area contributed by atoms with Gasteiger partial charge >= 0.3 is 0 Å². The highest BCUT2D eigenvalue weighted by Gasteiger charge is 1.93. The Hall–Kier alpha value is -0.240. The van der Waals surface area contributed by atoms with Gasteiger partial charge in [0.1, 0.15) is 0 Å². The highest BCUT2D eigenvalue weighted by Crippen LogP contribution is 2.06. The zero-order valence-electron chi connectivity index (χ0n) is 16.1. The van der Waals surface area contributed by atoms with Gasteiger partial charge in [-0.3, -0.25) is 0 Å². The van der Waals surface area contributed by atoms with Crippen molar-refractivity contribution in [2.24, 2.45) is 5.73 Å². The normalized spacial score (nSPS) is 11.2. The topological polar surface area (TPSA) is 86.2 Å². The van der Waals surface area contributed by atoms with E-state index in [2.05, 4.69) is 26.6 Å². The van der Waals surface area contributed by atoms with Gasteiger partial charge in [-0.15, -0.1) is 0 Å². The number of nitrogens with two attached hydrogens (primary N) is 1. The Kier molecular flexibility index (Phi) is 22.5. The molecule has 0 aromatic carbocycles. The average Bonchev–Trinajstić information content (AvgIpc) is 2.60. The van der Waals surface area contributed by atoms with Crippen LogP contribution in [-0.2, 0) is 0 Å². The number of hydrogen-bond acceptors (Lipinski definition) is 6. The monoisotopic (exact) mass is 344 g/mol. The fourth-order valence-corrected chi connectivity index (χ4v) is 2.55. The van der Waals surface area contributed by atoms with Crippen molar-refractivity contribution in [3.05, 3.63) is 0 Å². The summed E-state index contributed by atoms with van der Waals surface area (Å²) in [5.41, 5.74) is 5.42. The molecule has 0 atom stereocenters. The van der Waals surface area contributed by atoms with Crippen LogP contribution in [0, 0.1) is 0 Å². The molecule has 0 unspecified atom stereocenters. The maximum atomic E-state index is 5.42. The second kappa shape index (κ2) is 22.8. The Labute approximate surface area is 150 Å². The first kappa shape index (κ1) is 23.8. The van der Waals surface area contributed by atoms with Crippen molar-refractivity contribution in [3.8, 4) is 0 Å². The molecule has 0 aliphatic heterocycles. The predicted octanol–water partition coefficient (Wildman–Crippen LogP) is 0.254. The Morgan fingerprint density at radius 2 is 0.833 bits per heavy atom. The van der Waals surface area contributed by atoms with Crippen molar-refractivity contribution in [2.45, 2.75) is 44.9 Å². The summed E-state index contributed by atoms with van der Waals surface area (Å²) in [7, 11) is 1.99. The fourth-order valence-electron chi connectivity index (χ4n) is 2.55. The van der Waals surface area contributed by atoms with Gasteiger partial charge in [-0.25, -0.2) is 0 Å². The highest BCUT2D eigenvalue weighted by molar-refractivity contribution is 4.55. The minimum Gasteiger partial charge on any atom is -0.329 e. The summed E-state index contributed by atoms with van der Waals surface area (Å²) < 4.78 is 0. The van der Waals surface area contributed by atoms with Crippen molar-refractivity contribution < 1.29 is 0 Å². The van der Waals surface area contributed by atoms with Crippen LogP contribution in [0.2, 0.25) is 0 Å². The predicted molar refractivity (Wildman–Crippen MR) is 107 cm³/mol. The van der Waals surface area contributed by atoms with E-state index in [9.17, 15) is 0 Å². The molecule has 6 heteroatoms. The van der Waals surface area contributed by atoms with Crippen LogP contribution in [-0.4, -0.2) is 72.5 Å². The third-order valence-corrected chi connectivity index (χ3v) is 4.04. The molecule has 6 nitrogen and oxygen atoms in total. The van der Waals surface area contributed by atoms with Crippen LogP contribution in [0.1, 0.15) is 44.9 Å². The van der Waals surface area contributed by atoms with Crippen LogP contribution in [0.3, 0.4) is 0 Å².